The van der Waals surface area contributed by atoms with Crippen molar-refractivity contribution < 1.29 is 9.53 Å². The number of Topliss-reactive ketones (excluding diaryl/α,β-unsaturated/α-hetero) is 1. The second-order valence-corrected chi connectivity index (χ2v) is 8.68. The van der Waals surface area contributed by atoms with E-state index >= 15 is 0 Å². The van der Waals surface area contributed by atoms with Crippen LogP contribution in [0.25, 0.3) is 0 Å². The third-order valence-electron chi connectivity index (χ3n) is 6.25. The highest BCUT2D eigenvalue weighted by molar-refractivity contribution is 5.99. The Morgan fingerprint density at radius 2 is 1.69 bits per heavy atom. The van der Waals surface area contributed by atoms with Crippen molar-refractivity contribution in [3.8, 4) is 0 Å². The van der Waals surface area contributed by atoms with E-state index in [1.807, 2.05) is 19.2 Å². The lowest BCUT2D eigenvalue weighted by molar-refractivity contribution is 0.0942. The summed E-state index contributed by atoms with van der Waals surface area (Å²) in [5.41, 5.74) is 6.72. The summed E-state index contributed by atoms with van der Waals surface area (Å²) in [6.45, 7) is 9.40. The zero-order chi connectivity index (χ0) is 22.5. The van der Waals surface area contributed by atoms with Gasteiger partial charge in [-0.05, 0) is 44.2 Å². The number of ketones is 1. The molecule has 3 aromatic rings. The summed E-state index contributed by atoms with van der Waals surface area (Å²) in [4.78, 5) is 17.7. The van der Waals surface area contributed by atoms with Crippen LogP contribution in [0.4, 0.5) is 5.69 Å². The molecule has 5 nitrogen and oxygen atoms in total. The van der Waals surface area contributed by atoms with Crippen LogP contribution in [-0.4, -0.2) is 55.1 Å². The maximum Gasteiger partial charge on any atom is 0.178 e. The van der Waals surface area contributed by atoms with Gasteiger partial charge >= 0.3 is 0 Å². The molecule has 0 spiro atoms. The fraction of sp³-hybridized carbons (Fsp3) is 0.370. The molecule has 0 N–H and O–H groups in total. The number of hydrogen-bond acceptors (Lipinski definition) is 4. The molecule has 1 saturated heterocycles. The molecular formula is C27H33N3O2. The highest BCUT2D eigenvalue weighted by Crippen LogP contribution is 2.23. The van der Waals surface area contributed by atoms with Crippen molar-refractivity contribution in [3.63, 3.8) is 0 Å². The second kappa shape index (κ2) is 10.2. The van der Waals surface area contributed by atoms with E-state index in [2.05, 4.69) is 76.7 Å². The van der Waals surface area contributed by atoms with Crippen molar-refractivity contribution in [2.75, 3.05) is 44.8 Å². The first kappa shape index (κ1) is 22.3. The van der Waals surface area contributed by atoms with E-state index in [-0.39, 0.29) is 5.78 Å². The summed E-state index contributed by atoms with van der Waals surface area (Å²) in [5, 5.41) is 0. The minimum absolute atomic E-state index is 0.170. The highest BCUT2D eigenvalue weighted by Gasteiger charge is 2.19. The van der Waals surface area contributed by atoms with Crippen LogP contribution in [0.2, 0.25) is 0 Å². The minimum atomic E-state index is 0.170. The van der Waals surface area contributed by atoms with Gasteiger partial charge in [-0.15, -0.1) is 0 Å². The number of carbonyl (C=O) groups is 1. The standard InChI is InChI=1S/C27H33N3O2/c1-21-17-25(22(2)30(21)18-23-9-5-4-6-10-23)27(31)20-28(3)19-24-11-7-8-12-26(24)29-13-15-32-16-14-29/h4-12,17H,13-16,18-20H2,1-3H3. The molecule has 0 atom stereocenters. The van der Waals surface area contributed by atoms with Gasteiger partial charge in [-0.3, -0.25) is 9.69 Å². The van der Waals surface area contributed by atoms with E-state index in [0.29, 0.717) is 6.54 Å². The van der Waals surface area contributed by atoms with E-state index < -0.39 is 0 Å². The Kier molecular flexibility index (Phi) is 7.08. The first-order chi connectivity index (χ1) is 15.5. The summed E-state index contributed by atoms with van der Waals surface area (Å²) in [7, 11) is 2.02. The van der Waals surface area contributed by atoms with E-state index in [0.717, 1.165) is 56.3 Å². The van der Waals surface area contributed by atoms with Gasteiger partial charge in [0.2, 0.25) is 0 Å². The van der Waals surface area contributed by atoms with Crippen LogP contribution in [0.3, 0.4) is 0 Å². The molecule has 1 aliphatic heterocycles. The number of benzene rings is 2. The van der Waals surface area contributed by atoms with Gasteiger partial charge in [0, 0.05) is 48.8 Å². The van der Waals surface area contributed by atoms with E-state index in [9.17, 15) is 4.79 Å². The van der Waals surface area contributed by atoms with Crippen LogP contribution in [0.1, 0.15) is 32.9 Å². The number of carbonyl (C=O) groups excluding carboxylic acids is 1. The Hall–Kier alpha value is -2.89. The van der Waals surface area contributed by atoms with Crippen LogP contribution in [0, 0.1) is 13.8 Å². The third-order valence-corrected chi connectivity index (χ3v) is 6.25. The van der Waals surface area contributed by atoms with Crippen molar-refractivity contribution in [3.05, 3.63) is 88.7 Å². The lowest BCUT2D eigenvalue weighted by Crippen LogP contribution is -2.37. The van der Waals surface area contributed by atoms with Crippen LogP contribution in [-0.2, 0) is 17.8 Å². The van der Waals surface area contributed by atoms with Gasteiger partial charge in [0.15, 0.2) is 5.78 Å². The zero-order valence-electron chi connectivity index (χ0n) is 19.4. The number of ether oxygens (including phenoxy) is 1. The molecule has 1 aromatic heterocycles. The smallest absolute Gasteiger partial charge is 0.178 e. The summed E-state index contributed by atoms with van der Waals surface area (Å²) in [6, 6.07) is 20.9. The first-order valence-corrected chi connectivity index (χ1v) is 11.4. The van der Waals surface area contributed by atoms with Gasteiger partial charge in [-0.1, -0.05) is 48.5 Å². The fourth-order valence-corrected chi connectivity index (χ4v) is 4.53. The summed E-state index contributed by atoms with van der Waals surface area (Å²) >= 11 is 0. The molecule has 168 valence electrons. The largest absolute Gasteiger partial charge is 0.378 e. The molecule has 4 rings (SSSR count). The van der Waals surface area contributed by atoms with Crippen molar-refractivity contribution in [1.82, 2.24) is 9.47 Å². The predicted molar refractivity (Wildman–Crippen MR) is 130 cm³/mol. The average molecular weight is 432 g/mol. The number of anilines is 1. The number of aryl methyl sites for hydroxylation is 1. The first-order valence-electron chi connectivity index (χ1n) is 11.4. The van der Waals surface area contributed by atoms with Crippen molar-refractivity contribution in [1.29, 1.82) is 0 Å². The summed E-state index contributed by atoms with van der Waals surface area (Å²) in [5.74, 6) is 0.170. The maximum absolute atomic E-state index is 13.2. The van der Waals surface area contributed by atoms with Gasteiger partial charge < -0.3 is 14.2 Å². The molecular weight excluding hydrogens is 398 g/mol. The van der Waals surface area contributed by atoms with Gasteiger partial charge in [0.25, 0.3) is 0 Å². The minimum Gasteiger partial charge on any atom is -0.378 e. The topological polar surface area (TPSA) is 37.7 Å². The number of nitrogens with zero attached hydrogens (tertiary/aromatic N) is 3. The van der Waals surface area contributed by atoms with Crippen LogP contribution >= 0.6 is 0 Å². The Bertz CT molecular complexity index is 1050. The summed E-state index contributed by atoms with van der Waals surface area (Å²) in [6.07, 6.45) is 0. The third kappa shape index (κ3) is 5.12. The molecule has 0 saturated carbocycles. The molecule has 1 aliphatic rings. The molecule has 0 unspecified atom stereocenters. The molecule has 2 heterocycles. The lowest BCUT2D eigenvalue weighted by Gasteiger charge is -2.31. The molecule has 0 bridgehead atoms. The normalized spacial score (nSPS) is 14.2. The van der Waals surface area contributed by atoms with Gasteiger partial charge in [0.1, 0.15) is 0 Å². The van der Waals surface area contributed by atoms with Gasteiger partial charge in [-0.2, -0.15) is 0 Å². The Labute approximate surface area is 191 Å². The molecule has 0 aliphatic carbocycles. The number of rotatable bonds is 8. The monoisotopic (exact) mass is 431 g/mol. The molecule has 1 fully saturated rings. The second-order valence-electron chi connectivity index (χ2n) is 8.68. The van der Waals surface area contributed by atoms with Crippen molar-refractivity contribution >= 4 is 11.5 Å². The van der Waals surface area contributed by atoms with Crippen LogP contribution < -0.4 is 4.90 Å². The van der Waals surface area contributed by atoms with Crippen molar-refractivity contribution in [2.45, 2.75) is 26.9 Å². The van der Waals surface area contributed by atoms with E-state index in [1.165, 1.54) is 16.8 Å². The maximum atomic E-state index is 13.2. The van der Waals surface area contributed by atoms with Crippen LogP contribution in [0.5, 0.6) is 0 Å². The van der Waals surface area contributed by atoms with E-state index in [1.54, 1.807) is 0 Å². The number of morpholine rings is 1. The highest BCUT2D eigenvalue weighted by atomic mass is 16.5. The van der Waals surface area contributed by atoms with Crippen molar-refractivity contribution in [2.24, 2.45) is 0 Å². The molecule has 2 aromatic carbocycles. The lowest BCUT2D eigenvalue weighted by atomic mass is 10.1. The number of hydrogen-bond donors (Lipinski definition) is 0. The average Bonchev–Trinajstić information content (AvgIpc) is 3.09. The van der Waals surface area contributed by atoms with Gasteiger partial charge in [-0.25, -0.2) is 0 Å². The number of para-hydroxylation sites is 1. The van der Waals surface area contributed by atoms with Gasteiger partial charge in [0.05, 0.1) is 19.8 Å². The quantitative estimate of drug-likeness (QED) is 0.498. The number of aromatic nitrogens is 1. The van der Waals surface area contributed by atoms with E-state index in [4.69, 9.17) is 4.74 Å². The molecule has 32 heavy (non-hydrogen) atoms. The Balaban J connectivity index is 1.44. The molecule has 0 amide bonds. The predicted octanol–water partition coefficient (Wildman–Crippen LogP) is 4.30. The Morgan fingerprint density at radius 1 is 1.00 bits per heavy atom. The van der Waals surface area contributed by atoms with Crippen LogP contribution in [0.15, 0.2) is 60.7 Å². The summed E-state index contributed by atoms with van der Waals surface area (Å²) < 4.78 is 7.74. The zero-order valence-corrected chi connectivity index (χ0v) is 19.4. The number of likely N-dealkylation sites (N-methyl/N-ethyl adjacent to an activating group) is 1. The SMILES string of the molecule is Cc1cc(C(=O)CN(C)Cc2ccccc2N2CCOCC2)c(C)n1Cc1ccccc1. The molecule has 0 radical (unpaired) electrons. The molecule has 5 heteroatoms. The fourth-order valence-electron chi connectivity index (χ4n) is 4.53. The Morgan fingerprint density at radius 3 is 2.44 bits per heavy atom.